The van der Waals surface area contributed by atoms with E-state index >= 15 is 0 Å². The van der Waals surface area contributed by atoms with Gasteiger partial charge in [-0.1, -0.05) is 0 Å². The summed E-state index contributed by atoms with van der Waals surface area (Å²) in [5, 5.41) is 1.94. The summed E-state index contributed by atoms with van der Waals surface area (Å²) in [6.45, 7) is 0. The van der Waals surface area contributed by atoms with Gasteiger partial charge in [0.1, 0.15) is 5.01 Å². The van der Waals surface area contributed by atoms with E-state index in [0.29, 0.717) is 5.92 Å². The van der Waals surface area contributed by atoms with Crippen LogP contribution in [0.15, 0.2) is 5.38 Å². The zero-order chi connectivity index (χ0) is 9.47. The van der Waals surface area contributed by atoms with E-state index in [2.05, 4.69) is 4.98 Å². The van der Waals surface area contributed by atoms with Crippen molar-refractivity contribution in [1.82, 2.24) is 4.98 Å². The molecular formula is C8H8F3NS. The Morgan fingerprint density at radius 1 is 1.46 bits per heavy atom. The molecular weight excluding hydrogens is 199 g/mol. The second-order valence-electron chi connectivity index (χ2n) is 3.23. The van der Waals surface area contributed by atoms with Crippen molar-refractivity contribution in [3.8, 4) is 0 Å². The van der Waals surface area contributed by atoms with E-state index < -0.39 is 12.6 Å². The van der Waals surface area contributed by atoms with Crippen LogP contribution in [0, 0.1) is 0 Å². The Kier molecular flexibility index (Phi) is 2.06. The van der Waals surface area contributed by atoms with Crippen molar-refractivity contribution in [3.05, 3.63) is 16.1 Å². The van der Waals surface area contributed by atoms with Gasteiger partial charge in [-0.05, 0) is 12.8 Å². The molecule has 1 aromatic rings. The number of aromatic nitrogens is 1. The third-order valence-electron chi connectivity index (χ3n) is 1.92. The lowest BCUT2D eigenvalue weighted by molar-refractivity contribution is -0.127. The van der Waals surface area contributed by atoms with Crippen LogP contribution in [0.5, 0.6) is 0 Å². The predicted octanol–water partition coefficient (Wildman–Crippen LogP) is 3.13. The Labute approximate surface area is 77.6 Å². The average Bonchev–Trinajstić information content (AvgIpc) is 2.72. The SMILES string of the molecule is FC(F)(F)Cc1nc(C2CC2)cs1. The molecule has 0 unspecified atom stereocenters. The van der Waals surface area contributed by atoms with Gasteiger partial charge in [0.05, 0.1) is 12.1 Å². The molecule has 72 valence electrons. The third-order valence-corrected chi connectivity index (χ3v) is 2.78. The quantitative estimate of drug-likeness (QED) is 0.726. The van der Waals surface area contributed by atoms with E-state index in [4.69, 9.17) is 0 Å². The number of halogens is 3. The maximum atomic E-state index is 11.9. The number of hydrogen-bond donors (Lipinski definition) is 0. The number of nitrogens with zero attached hydrogens (tertiary/aromatic N) is 1. The van der Waals surface area contributed by atoms with Crippen LogP contribution in [0.4, 0.5) is 13.2 Å². The van der Waals surface area contributed by atoms with Gasteiger partial charge in [-0.3, -0.25) is 0 Å². The fraction of sp³-hybridized carbons (Fsp3) is 0.625. The van der Waals surface area contributed by atoms with Crippen LogP contribution in [-0.2, 0) is 6.42 Å². The summed E-state index contributed by atoms with van der Waals surface area (Å²) in [5.41, 5.74) is 0.851. The minimum atomic E-state index is -4.13. The monoisotopic (exact) mass is 207 g/mol. The lowest BCUT2D eigenvalue weighted by atomic mass is 10.3. The second-order valence-corrected chi connectivity index (χ2v) is 4.17. The first-order valence-corrected chi connectivity index (χ1v) is 4.93. The molecule has 0 aromatic carbocycles. The predicted molar refractivity (Wildman–Crippen MR) is 43.8 cm³/mol. The topological polar surface area (TPSA) is 12.9 Å². The van der Waals surface area contributed by atoms with Crippen molar-refractivity contribution in [2.45, 2.75) is 31.4 Å². The fourth-order valence-electron chi connectivity index (χ4n) is 1.14. The van der Waals surface area contributed by atoms with Gasteiger partial charge < -0.3 is 0 Å². The minimum absolute atomic E-state index is 0.189. The van der Waals surface area contributed by atoms with Gasteiger partial charge in [0.25, 0.3) is 0 Å². The number of rotatable bonds is 2. The molecule has 0 bridgehead atoms. The van der Waals surface area contributed by atoms with E-state index in [9.17, 15) is 13.2 Å². The molecule has 1 saturated carbocycles. The summed E-state index contributed by atoms with van der Waals surface area (Å²) < 4.78 is 35.8. The van der Waals surface area contributed by atoms with Crippen molar-refractivity contribution >= 4 is 11.3 Å². The highest BCUT2D eigenvalue weighted by Gasteiger charge is 2.31. The van der Waals surface area contributed by atoms with Gasteiger partial charge in [-0.25, -0.2) is 4.98 Å². The Balaban J connectivity index is 2.04. The Morgan fingerprint density at radius 3 is 2.69 bits per heavy atom. The maximum absolute atomic E-state index is 11.9. The highest BCUT2D eigenvalue weighted by atomic mass is 32.1. The first kappa shape index (κ1) is 8.99. The van der Waals surface area contributed by atoms with E-state index in [0.717, 1.165) is 29.9 Å². The third kappa shape index (κ3) is 2.43. The Bertz CT molecular complexity index is 301. The second kappa shape index (κ2) is 2.97. The van der Waals surface area contributed by atoms with Crippen LogP contribution in [0.25, 0.3) is 0 Å². The van der Waals surface area contributed by atoms with E-state index in [1.807, 2.05) is 0 Å². The molecule has 2 rings (SSSR count). The van der Waals surface area contributed by atoms with Crippen molar-refractivity contribution in [2.24, 2.45) is 0 Å². The van der Waals surface area contributed by atoms with Crippen LogP contribution in [-0.4, -0.2) is 11.2 Å². The molecule has 1 aromatic heterocycles. The minimum Gasteiger partial charge on any atom is -0.246 e. The highest BCUT2D eigenvalue weighted by molar-refractivity contribution is 7.09. The molecule has 0 N–H and O–H groups in total. The van der Waals surface area contributed by atoms with Crippen molar-refractivity contribution in [1.29, 1.82) is 0 Å². The molecule has 1 fully saturated rings. The van der Waals surface area contributed by atoms with Gasteiger partial charge in [0.2, 0.25) is 0 Å². The van der Waals surface area contributed by atoms with E-state index in [1.165, 1.54) is 0 Å². The maximum Gasteiger partial charge on any atom is 0.395 e. The smallest absolute Gasteiger partial charge is 0.246 e. The van der Waals surface area contributed by atoms with Gasteiger partial charge in [-0.2, -0.15) is 13.2 Å². The normalized spacial score (nSPS) is 17.8. The summed E-state index contributed by atoms with van der Waals surface area (Å²) in [6.07, 6.45) is -2.85. The zero-order valence-corrected chi connectivity index (χ0v) is 7.58. The largest absolute Gasteiger partial charge is 0.395 e. The molecule has 1 aliphatic rings. The Morgan fingerprint density at radius 2 is 2.15 bits per heavy atom. The lowest BCUT2D eigenvalue weighted by Crippen LogP contribution is -2.11. The number of hydrogen-bond acceptors (Lipinski definition) is 2. The zero-order valence-electron chi connectivity index (χ0n) is 6.77. The van der Waals surface area contributed by atoms with Gasteiger partial charge in [-0.15, -0.1) is 11.3 Å². The first-order valence-electron chi connectivity index (χ1n) is 4.05. The number of thiazole rings is 1. The lowest BCUT2D eigenvalue weighted by Gasteiger charge is -2.01. The van der Waals surface area contributed by atoms with Crippen LogP contribution >= 0.6 is 11.3 Å². The van der Waals surface area contributed by atoms with Gasteiger partial charge in [0, 0.05) is 11.3 Å². The van der Waals surface area contributed by atoms with E-state index in [1.54, 1.807) is 5.38 Å². The molecule has 0 aliphatic heterocycles. The summed E-state index contributed by atoms with van der Waals surface area (Å²) >= 11 is 1.11. The summed E-state index contributed by atoms with van der Waals surface area (Å²) in [4.78, 5) is 3.96. The van der Waals surface area contributed by atoms with Crippen LogP contribution < -0.4 is 0 Å². The molecule has 5 heteroatoms. The molecule has 1 heterocycles. The first-order chi connectivity index (χ1) is 6.04. The molecule has 1 nitrogen and oxygen atoms in total. The summed E-state index contributed by atoms with van der Waals surface area (Å²) in [6, 6.07) is 0. The molecule has 0 radical (unpaired) electrons. The van der Waals surface area contributed by atoms with Crippen molar-refractivity contribution in [2.75, 3.05) is 0 Å². The standard InChI is InChI=1S/C8H8F3NS/c9-8(10,11)3-7-12-6(4-13-7)5-1-2-5/h4-5H,1-3H2. The highest BCUT2D eigenvalue weighted by Crippen LogP contribution is 2.40. The summed E-state index contributed by atoms with van der Waals surface area (Å²) in [7, 11) is 0. The molecule has 0 atom stereocenters. The van der Waals surface area contributed by atoms with E-state index in [-0.39, 0.29) is 5.01 Å². The molecule has 0 saturated heterocycles. The van der Waals surface area contributed by atoms with Crippen LogP contribution in [0.3, 0.4) is 0 Å². The molecule has 0 amide bonds. The van der Waals surface area contributed by atoms with Crippen molar-refractivity contribution < 1.29 is 13.2 Å². The van der Waals surface area contributed by atoms with Gasteiger partial charge in [0.15, 0.2) is 0 Å². The van der Waals surface area contributed by atoms with Gasteiger partial charge >= 0.3 is 6.18 Å². The average molecular weight is 207 g/mol. The summed E-state index contributed by atoms with van der Waals surface area (Å²) in [5.74, 6) is 0.443. The molecule has 0 spiro atoms. The molecule has 1 aliphatic carbocycles. The Hall–Kier alpha value is -0.580. The van der Waals surface area contributed by atoms with Crippen LogP contribution in [0.2, 0.25) is 0 Å². The van der Waals surface area contributed by atoms with Crippen molar-refractivity contribution in [3.63, 3.8) is 0 Å². The fourth-order valence-corrected chi connectivity index (χ4v) is 2.05. The molecule has 13 heavy (non-hydrogen) atoms. The number of alkyl halides is 3. The van der Waals surface area contributed by atoms with Crippen LogP contribution in [0.1, 0.15) is 29.5 Å².